The topological polar surface area (TPSA) is 61.1 Å². The molecule has 2 atom stereocenters. The van der Waals surface area contributed by atoms with Crippen LogP contribution < -0.4 is 15.6 Å². The first kappa shape index (κ1) is 19.3. The molecule has 6 nitrogen and oxygen atoms in total. The average molecular weight is 427 g/mol. The highest BCUT2D eigenvalue weighted by molar-refractivity contribution is 5.88. The van der Waals surface area contributed by atoms with Crippen LogP contribution >= 0.6 is 0 Å². The van der Waals surface area contributed by atoms with E-state index in [1.165, 1.54) is 35.0 Å². The molecule has 2 aliphatic heterocycles. The Hall–Kier alpha value is -3.38. The van der Waals surface area contributed by atoms with Gasteiger partial charge in [-0.1, -0.05) is 12.1 Å². The number of aryl methyl sites for hydroxylation is 2. The number of hydrogen-bond acceptors (Lipinski definition) is 4. The molecule has 2 unspecified atom stereocenters. The largest absolute Gasteiger partial charge is 0.489 e. The number of benzene rings is 1. The first-order valence-electron chi connectivity index (χ1n) is 11.2. The van der Waals surface area contributed by atoms with Crippen LogP contribution in [0.15, 0.2) is 59.7 Å². The van der Waals surface area contributed by atoms with Gasteiger partial charge < -0.3 is 14.6 Å². The Labute approximate surface area is 186 Å². The first-order valence-corrected chi connectivity index (χ1v) is 11.2. The number of ether oxygens (including phenoxy) is 1. The van der Waals surface area contributed by atoms with Gasteiger partial charge in [0.05, 0.1) is 11.2 Å². The molecule has 5 heterocycles. The van der Waals surface area contributed by atoms with E-state index in [9.17, 15) is 4.79 Å². The van der Waals surface area contributed by atoms with Gasteiger partial charge in [-0.2, -0.15) is 0 Å². The minimum absolute atomic E-state index is 0.108. The van der Waals surface area contributed by atoms with Gasteiger partial charge in [0.1, 0.15) is 12.4 Å². The van der Waals surface area contributed by atoms with Crippen molar-refractivity contribution in [3.8, 4) is 11.4 Å². The predicted octanol–water partition coefficient (Wildman–Crippen LogP) is 3.96. The summed E-state index contributed by atoms with van der Waals surface area (Å²) in [4.78, 5) is 17.1. The summed E-state index contributed by atoms with van der Waals surface area (Å²) in [5, 5.41) is 5.05. The van der Waals surface area contributed by atoms with E-state index in [0.29, 0.717) is 24.4 Å². The third-order valence-corrected chi connectivity index (χ3v) is 6.92. The fourth-order valence-corrected chi connectivity index (χ4v) is 5.25. The lowest BCUT2D eigenvalue weighted by Crippen LogP contribution is -2.32. The zero-order valence-corrected chi connectivity index (χ0v) is 18.3. The summed E-state index contributed by atoms with van der Waals surface area (Å²) in [6, 6.07) is 14.7. The predicted molar refractivity (Wildman–Crippen MR) is 124 cm³/mol. The Morgan fingerprint density at radius 3 is 2.88 bits per heavy atom. The Bertz CT molecular complexity index is 1380. The number of hydrogen-bond donors (Lipinski definition) is 1. The number of fused-ring (bicyclic) bond motifs is 6. The number of rotatable bonds is 4. The van der Waals surface area contributed by atoms with E-state index in [1.807, 2.05) is 31.2 Å². The van der Waals surface area contributed by atoms with E-state index in [0.717, 1.165) is 23.4 Å². The van der Waals surface area contributed by atoms with Crippen LogP contribution in [0.1, 0.15) is 41.4 Å². The van der Waals surface area contributed by atoms with Gasteiger partial charge >= 0.3 is 0 Å². The monoisotopic (exact) mass is 426 g/mol. The molecule has 0 saturated carbocycles. The molecule has 2 aliphatic rings. The average Bonchev–Trinajstić information content (AvgIpc) is 3.31. The van der Waals surface area contributed by atoms with Crippen molar-refractivity contribution >= 4 is 10.9 Å². The molecule has 6 rings (SSSR count). The SMILES string of the molecule is Cc1ccc(COc2ccn(-c3ccc4c5c(n(C)c4c3)CC3CCC5N3)c(=O)c2)cn1. The summed E-state index contributed by atoms with van der Waals surface area (Å²) >= 11 is 0. The van der Waals surface area contributed by atoms with Crippen LogP contribution in [0, 0.1) is 6.92 Å². The Morgan fingerprint density at radius 2 is 2.06 bits per heavy atom. The van der Waals surface area contributed by atoms with Crippen LogP contribution in [0.4, 0.5) is 0 Å². The molecule has 0 aliphatic carbocycles. The summed E-state index contributed by atoms with van der Waals surface area (Å²) in [6.45, 7) is 2.33. The van der Waals surface area contributed by atoms with E-state index in [-0.39, 0.29) is 5.56 Å². The maximum absolute atomic E-state index is 12.9. The second kappa shape index (κ2) is 7.35. The van der Waals surface area contributed by atoms with Crippen LogP contribution in [0.2, 0.25) is 0 Å². The molecule has 2 bridgehead atoms. The molecule has 0 radical (unpaired) electrons. The van der Waals surface area contributed by atoms with Gasteiger partial charge in [-0.3, -0.25) is 14.3 Å². The van der Waals surface area contributed by atoms with E-state index in [2.05, 4.69) is 34.0 Å². The van der Waals surface area contributed by atoms with Crippen LogP contribution in [0.25, 0.3) is 16.6 Å². The maximum Gasteiger partial charge on any atom is 0.258 e. The van der Waals surface area contributed by atoms with Gasteiger partial charge in [-0.15, -0.1) is 0 Å². The second-order valence-electron chi connectivity index (χ2n) is 8.99. The molecule has 32 heavy (non-hydrogen) atoms. The zero-order valence-electron chi connectivity index (χ0n) is 18.3. The van der Waals surface area contributed by atoms with Gasteiger partial charge in [-0.05, 0) is 49.6 Å². The molecule has 1 aromatic carbocycles. The molecule has 1 N–H and O–H groups in total. The summed E-state index contributed by atoms with van der Waals surface area (Å²) in [5.41, 5.74) is 6.77. The molecule has 0 amide bonds. The lowest BCUT2D eigenvalue weighted by molar-refractivity contribution is 0.304. The normalized spacial score (nSPS) is 19.3. The fourth-order valence-electron chi connectivity index (χ4n) is 5.25. The third kappa shape index (κ3) is 3.14. The minimum atomic E-state index is -0.108. The van der Waals surface area contributed by atoms with Gasteiger partial charge in [0, 0.05) is 66.3 Å². The third-order valence-electron chi connectivity index (χ3n) is 6.92. The molecule has 0 spiro atoms. The van der Waals surface area contributed by atoms with Crippen molar-refractivity contribution in [2.45, 2.75) is 44.9 Å². The Balaban J connectivity index is 1.30. The van der Waals surface area contributed by atoms with Crippen LogP contribution in [0.3, 0.4) is 0 Å². The summed E-state index contributed by atoms with van der Waals surface area (Å²) < 4.78 is 9.81. The molecular weight excluding hydrogens is 400 g/mol. The highest BCUT2D eigenvalue weighted by atomic mass is 16.5. The van der Waals surface area contributed by atoms with E-state index in [1.54, 1.807) is 23.0 Å². The first-order chi connectivity index (χ1) is 15.6. The quantitative estimate of drug-likeness (QED) is 0.537. The van der Waals surface area contributed by atoms with Gasteiger partial charge in [0.2, 0.25) is 0 Å². The molecule has 4 aromatic rings. The molecule has 6 heteroatoms. The highest BCUT2D eigenvalue weighted by Crippen LogP contribution is 2.41. The van der Waals surface area contributed by atoms with Crippen molar-refractivity contribution in [2.75, 3.05) is 0 Å². The molecular formula is C26H26N4O2. The fraction of sp³-hybridized carbons (Fsp3) is 0.308. The maximum atomic E-state index is 12.9. The van der Waals surface area contributed by atoms with Crippen molar-refractivity contribution in [1.82, 2.24) is 19.4 Å². The van der Waals surface area contributed by atoms with Crippen molar-refractivity contribution in [3.63, 3.8) is 0 Å². The molecule has 1 saturated heterocycles. The lowest BCUT2D eigenvalue weighted by Gasteiger charge is -2.23. The Morgan fingerprint density at radius 1 is 1.16 bits per heavy atom. The minimum Gasteiger partial charge on any atom is -0.489 e. The summed E-state index contributed by atoms with van der Waals surface area (Å²) in [7, 11) is 2.15. The number of nitrogens with zero attached hydrogens (tertiary/aromatic N) is 3. The van der Waals surface area contributed by atoms with Crippen molar-refractivity contribution < 1.29 is 4.74 Å². The zero-order chi connectivity index (χ0) is 21.8. The molecule has 162 valence electrons. The number of aromatic nitrogens is 3. The number of pyridine rings is 2. The summed E-state index contributed by atoms with van der Waals surface area (Å²) in [6.07, 6.45) is 7.13. The smallest absolute Gasteiger partial charge is 0.258 e. The summed E-state index contributed by atoms with van der Waals surface area (Å²) in [5.74, 6) is 0.560. The second-order valence-corrected chi connectivity index (χ2v) is 8.99. The Kier molecular flexibility index (Phi) is 4.43. The van der Waals surface area contributed by atoms with Gasteiger partial charge in [-0.25, -0.2) is 0 Å². The van der Waals surface area contributed by atoms with Crippen LogP contribution in [-0.2, 0) is 20.1 Å². The lowest BCUT2D eigenvalue weighted by atomic mass is 9.99. The van der Waals surface area contributed by atoms with Gasteiger partial charge in [0.15, 0.2) is 0 Å². The molecule has 1 fully saturated rings. The van der Waals surface area contributed by atoms with Crippen LogP contribution in [0.5, 0.6) is 5.75 Å². The van der Waals surface area contributed by atoms with E-state index in [4.69, 9.17) is 4.74 Å². The van der Waals surface area contributed by atoms with Crippen molar-refractivity contribution in [3.05, 3.63) is 87.7 Å². The van der Waals surface area contributed by atoms with E-state index < -0.39 is 0 Å². The molecule has 3 aromatic heterocycles. The standard InChI is InChI=1S/C26H26N4O2/c1-16-3-4-17(14-27-16)15-32-20-9-10-30(25(31)13-20)19-6-7-21-23(12-19)29(2)24-11-18-5-8-22(28-18)26(21)24/h3-4,6-7,9-10,12-14,18,22,28H,5,8,11,15H2,1-2H3. The van der Waals surface area contributed by atoms with E-state index >= 15 is 0 Å². The van der Waals surface area contributed by atoms with Gasteiger partial charge in [0.25, 0.3) is 5.56 Å². The van der Waals surface area contributed by atoms with Crippen molar-refractivity contribution in [1.29, 1.82) is 0 Å². The van der Waals surface area contributed by atoms with Crippen molar-refractivity contribution in [2.24, 2.45) is 7.05 Å². The van der Waals surface area contributed by atoms with Crippen LogP contribution in [-0.4, -0.2) is 20.2 Å². The number of nitrogens with one attached hydrogen (secondary N) is 1. The highest BCUT2D eigenvalue weighted by Gasteiger charge is 2.35.